The number of Topliss-reactive ketones (excluding diaryl/α,β-unsaturated/α-hetero) is 1. The van der Waals surface area contributed by atoms with Crippen LogP contribution in [0.25, 0.3) is 11.5 Å². The molecule has 2 amide bonds. The molecule has 0 saturated heterocycles. The minimum Gasteiger partial charge on any atom is -0.458 e. The van der Waals surface area contributed by atoms with Crippen molar-refractivity contribution in [2.75, 3.05) is 5.32 Å². The second-order valence-corrected chi connectivity index (χ2v) is 7.78. The van der Waals surface area contributed by atoms with Crippen molar-refractivity contribution in [3.8, 4) is 11.5 Å². The van der Waals surface area contributed by atoms with E-state index in [-0.39, 0.29) is 17.6 Å². The van der Waals surface area contributed by atoms with Gasteiger partial charge in [0.25, 0.3) is 5.91 Å². The maximum Gasteiger partial charge on any atom is 0.274 e. The van der Waals surface area contributed by atoms with E-state index in [1.54, 1.807) is 24.4 Å². The number of thiazole rings is 1. The lowest BCUT2D eigenvalue weighted by Crippen LogP contribution is -2.18. The van der Waals surface area contributed by atoms with Gasteiger partial charge in [0, 0.05) is 30.0 Å². The first-order valence-electron chi connectivity index (χ1n) is 9.27. The molecule has 3 heterocycles. The van der Waals surface area contributed by atoms with Crippen molar-refractivity contribution in [3.05, 3.63) is 45.8 Å². The number of aryl methyl sites for hydroxylation is 1. The maximum atomic E-state index is 12.7. The van der Waals surface area contributed by atoms with Crippen LogP contribution in [0.4, 0.5) is 5.13 Å². The van der Waals surface area contributed by atoms with Crippen LogP contribution in [0, 0.1) is 6.92 Å². The number of amides is 2. The summed E-state index contributed by atoms with van der Waals surface area (Å²) < 4.78 is 5.68. The van der Waals surface area contributed by atoms with Gasteiger partial charge in [0.1, 0.15) is 17.1 Å². The Morgan fingerprint density at radius 1 is 1.31 bits per heavy atom. The summed E-state index contributed by atoms with van der Waals surface area (Å²) >= 11 is 1.28. The number of rotatable bonds is 5. The summed E-state index contributed by atoms with van der Waals surface area (Å²) in [4.78, 5) is 43.4. The fourth-order valence-electron chi connectivity index (χ4n) is 3.43. The van der Waals surface area contributed by atoms with Gasteiger partial charge in [-0.15, -0.1) is 11.3 Å². The average Bonchev–Trinajstić information content (AvgIpc) is 3.39. The number of aromatic nitrogens is 2. The van der Waals surface area contributed by atoms with Crippen molar-refractivity contribution >= 4 is 34.1 Å². The Hall–Kier alpha value is -3.20. The lowest BCUT2D eigenvalue weighted by atomic mass is 9.94. The number of hydrogen-bond acceptors (Lipinski definition) is 6. The Bertz CT molecular complexity index is 1110. The van der Waals surface area contributed by atoms with Crippen LogP contribution in [0.1, 0.15) is 57.6 Å². The lowest BCUT2D eigenvalue weighted by Gasteiger charge is -2.09. The van der Waals surface area contributed by atoms with Crippen LogP contribution < -0.4 is 10.6 Å². The Balaban J connectivity index is 1.48. The van der Waals surface area contributed by atoms with Crippen LogP contribution in [-0.4, -0.2) is 27.6 Å². The maximum absolute atomic E-state index is 12.7. The predicted octanol–water partition coefficient (Wildman–Crippen LogP) is 3.45. The highest BCUT2D eigenvalue weighted by atomic mass is 32.1. The average molecular weight is 412 g/mol. The van der Waals surface area contributed by atoms with Gasteiger partial charge in [-0.05, 0) is 37.5 Å². The third-order valence-corrected chi connectivity index (χ3v) is 5.57. The first-order chi connectivity index (χ1) is 13.9. The number of hydrogen-bond donors (Lipinski definition) is 3. The molecule has 1 aliphatic rings. The van der Waals surface area contributed by atoms with Gasteiger partial charge in [-0.3, -0.25) is 19.7 Å². The van der Waals surface area contributed by atoms with Crippen molar-refractivity contribution in [2.45, 2.75) is 39.7 Å². The van der Waals surface area contributed by atoms with E-state index in [1.807, 2.05) is 0 Å². The summed E-state index contributed by atoms with van der Waals surface area (Å²) in [5.74, 6) is 0.801. The van der Waals surface area contributed by atoms with Crippen molar-refractivity contribution in [3.63, 3.8) is 0 Å². The molecule has 0 unspecified atom stereocenters. The molecule has 9 heteroatoms. The number of aromatic amines is 1. The molecule has 0 aliphatic heterocycles. The molecule has 150 valence electrons. The number of fused-ring (bicyclic) bond motifs is 1. The first-order valence-corrected chi connectivity index (χ1v) is 10.2. The molecule has 8 nitrogen and oxygen atoms in total. The normalized spacial score (nSPS) is 13.2. The fraction of sp³-hybridized carbons (Fsp3) is 0.300. The smallest absolute Gasteiger partial charge is 0.274 e. The van der Waals surface area contributed by atoms with Crippen LogP contribution in [0.2, 0.25) is 0 Å². The highest BCUT2D eigenvalue weighted by Crippen LogP contribution is 2.29. The molecule has 3 aromatic rings. The minimum atomic E-state index is -0.323. The number of carbonyl (C=O) groups is 3. The highest BCUT2D eigenvalue weighted by molar-refractivity contribution is 7.14. The number of carbonyl (C=O) groups excluding carboxylic acids is 3. The van der Waals surface area contributed by atoms with Gasteiger partial charge >= 0.3 is 0 Å². The van der Waals surface area contributed by atoms with Crippen molar-refractivity contribution < 1.29 is 18.8 Å². The molecule has 1 aliphatic carbocycles. The van der Waals surface area contributed by atoms with E-state index >= 15 is 0 Å². The van der Waals surface area contributed by atoms with E-state index in [4.69, 9.17) is 4.42 Å². The first kappa shape index (κ1) is 19.1. The van der Waals surface area contributed by atoms with E-state index < -0.39 is 0 Å². The van der Waals surface area contributed by atoms with Crippen LogP contribution in [-0.2, 0) is 17.8 Å². The molecular weight excluding hydrogens is 392 g/mol. The lowest BCUT2D eigenvalue weighted by molar-refractivity contribution is -0.119. The second-order valence-electron chi connectivity index (χ2n) is 6.92. The molecule has 0 spiro atoms. The van der Waals surface area contributed by atoms with Gasteiger partial charge in [0.2, 0.25) is 5.91 Å². The van der Waals surface area contributed by atoms with Crippen molar-refractivity contribution in [1.82, 2.24) is 15.3 Å². The largest absolute Gasteiger partial charge is 0.458 e. The monoisotopic (exact) mass is 412 g/mol. The number of nitrogens with one attached hydrogen (secondary N) is 3. The quantitative estimate of drug-likeness (QED) is 0.593. The van der Waals surface area contributed by atoms with E-state index in [1.165, 1.54) is 18.3 Å². The number of anilines is 1. The Labute approximate surface area is 170 Å². The summed E-state index contributed by atoms with van der Waals surface area (Å²) in [6.07, 6.45) is 2.10. The van der Waals surface area contributed by atoms with Gasteiger partial charge in [0.15, 0.2) is 16.7 Å². The Morgan fingerprint density at radius 3 is 2.90 bits per heavy atom. The van der Waals surface area contributed by atoms with Gasteiger partial charge in [-0.25, -0.2) is 4.98 Å². The Morgan fingerprint density at radius 2 is 2.14 bits per heavy atom. The van der Waals surface area contributed by atoms with Gasteiger partial charge < -0.3 is 14.7 Å². The standard InChI is InChI=1S/C20H20N4O4S/c1-10-17-13(4-3-5-15(17)26)22-18(10)19(27)24-20-23-14(9-29-20)16-7-6-12(28-16)8-21-11(2)25/h6-7,9,22H,3-5,8H2,1-2H3,(H,21,25)(H,23,24,27). The van der Waals surface area contributed by atoms with Crippen LogP contribution >= 0.6 is 11.3 Å². The number of H-pyrrole nitrogens is 1. The number of nitrogens with zero attached hydrogens (tertiary/aromatic N) is 1. The molecule has 0 fully saturated rings. The van der Waals surface area contributed by atoms with Crippen LogP contribution in [0.3, 0.4) is 0 Å². The zero-order valence-electron chi connectivity index (χ0n) is 16.0. The van der Waals surface area contributed by atoms with Crippen molar-refractivity contribution in [2.24, 2.45) is 0 Å². The molecule has 29 heavy (non-hydrogen) atoms. The number of ketones is 1. The molecule has 0 atom stereocenters. The predicted molar refractivity (Wildman–Crippen MR) is 108 cm³/mol. The summed E-state index contributed by atoms with van der Waals surface area (Å²) in [6.45, 7) is 3.54. The molecule has 0 saturated carbocycles. The van der Waals surface area contributed by atoms with Crippen LogP contribution in [0.15, 0.2) is 21.9 Å². The minimum absolute atomic E-state index is 0.0865. The van der Waals surface area contributed by atoms with E-state index in [2.05, 4.69) is 20.6 Å². The van der Waals surface area contributed by atoms with E-state index in [9.17, 15) is 14.4 Å². The molecule has 0 aromatic carbocycles. The zero-order valence-corrected chi connectivity index (χ0v) is 16.9. The second kappa shape index (κ2) is 7.67. The highest BCUT2D eigenvalue weighted by Gasteiger charge is 2.26. The van der Waals surface area contributed by atoms with Crippen molar-refractivity contribution in [1.29, 1.82) is 0 Å². The zero-order chi connectivity index (χ0) is 20.5. The topological polar surface area (TPSA) is 117 Å². The van der Waals surface area contributed by atoms with Gasteiger partial charge in [-0.1, -0.05) is 0 Å². The third kappa shape index (κ3) is 3.86. The molecule has 3 N–H and O–H groups in total. The van der Waals surface area contributed by atoms with Gasteiger partial charge in [0.05, 0.1) is 6.54 Å². The van der Waals surface area contributed by atoms with Crippen LogP contribution in [0.5, 0.6) is 0 Å². The summed E-state index contributed by atoms with van der Waals surface area (Å²) in [5, 5.41) is 7.68. The summed E-state index contributed by atoms with van der Waals surface area (Å²) in [6, 6.07) is 3.54. The SMILES string of the molecule is CC(=O)NCc1ccc(-c2csc(NC(=O)c3[nH]c4c(c3C)C(=O)CCC4)n2)o1. The van der Waals surface area contributed by atoms with Gasteiger partial charge in [-0.2, -0.15) is 0 Å². The summed E-state index contributed by atoms with van der Waals surface area (Å²) in [5.41, 5.74) is 3.18. The third-order valence-electron chi connectivity index (χ3n) is 4.81. The molecule has 0 bridgehead atoms. The van der Waals surface area contributed by atoms with E-state index in [0.29, 0.717) is 52.1 Å². The molecule has 0 radical (unpaired) electrons. The molecule has 4 rings (SSSR count). The van der Waals surface area contributed by atoms with E-state index in [0.717, 1.165) is 18.5 Å². The Kier molecular flexibility index (Phi) is 5.06. The molecular formula is C20H20N4O4S. The number of furan rings is 1. The molecule has 3 aromatic heterocycles. The fourth-order valence-corrected chi connectivity index (χ4v) is 4.12. The summed E-state index contributed by atoms with van der Waals surface area (Å²) in [7, 11) is 0.